The SMILES string of the molecule is Nc1ccc(C(=O)NCc2cncs2)c(N)c1. The van der Waals surface area contributed by atoms with E-state index in [2.05, 4.69) is 10.3 Å². The average molecular weight is 248 g/mol. The number of carbonyl (C=O) groups is 1. The number of amides is 1. The number of nitrogens with zero attached hydrogens (tertiary/aromatic N) is 1. The number of thiazole rings is 1. The summed E-state index contributed by atoms with van der Waals surface area (Å²) in [5.41, 5.74) is 14.4. The molecule has 1 heterocycles. The lowest BCUT2D eigenvalue weighted by Gasteiger charge is -2.06. The number of nitrogen functional groups attached to an aromatic ring is 2. The second-order valence-electron chi connectivity index (χ2n) is 3.50. The number of benzene rings is 1. The van der Waals surface area contributed by atoms with Crippen LogP contribution < -0.4 is 16.8 Å². The number of carbonyl (C=O) groups excluding carboxylic acids is 1. The molecule has 1 aromatic carbocycles. The van der Waals surface area contributed by atoms with Crippen molar-refractivity contribution < 1.29 is 4.79 Å². The standard InChI is InChI=1S/C11H12N4OS/c12-7-1-2-9(10(13)3-7)11(16)15-5-8-4-14-6-17-8/h1-4,6H,5,12-13H2,(H,15,16). The molecule has 88 valence electrons. The minimum atomic E-state index is -0.212. The molecule has 1 amide bonds. The molecule has 0 aliphatic heterocycles. The van der Waals surface area contributed by atoms with E-state index in [0.29, 0.717) is 23.5 Å². The zero-order valence-corrected chi connectivity index (χ0v) is 9.83. The lowest BCUT2D eigenvalue weighted by molar-refractivity contribution is 0.0952. The predicted octanol–water partition coefficient (Wildman–Crippen LogP) is 1.24. The third-order valence-electron chi connectivity index (χ3n) is 2.23. The summed E-state index contributed by atoms with van der Waals surface area (Å²) in [6.07, 6.45) is 1.72. The molecule has 0 aliphatic carbocycles. The number of nitrogens with two attached hydrogens (primary N) is 2. The van der Waals surface area contributed by atoms with Crippen molar-refractivity contribution in [2.45, 2.75) is 6.54 Å². The first-order valence-corrected chi connectivity index (χ1v) is 5.85. The summed E-state index contributed by atoms with van der Waals surface area (Å²) in [5.74, 6) is -0.212. The Labute approximate surface area is 102 Å². The highest BCUT2D eigenvalue weighted by molar-refractivity contribution is 7.09. The molecule has 5 nitrogen and oxygen atoms in total. The minimum absolute atomic E-state index is 0.212. The van der Waals surface area contributed by atoms with Crippen molar-refractivity contribution in [3.8, 4) is 0 Å². The van der Waals surface area contributed by atoms with Crippen LogP contribution in [-0.2, 0) is 6.54 Å². The minimum Gasteiger partial charge on any atom is -0.399 e. The number of anilines is 2. The predicted molar refractivity (Wildman–Crippen MR) is 68.6 cm³/mol. The van der Waals surface area contributed by atoms with Crippen LogP contribution in [0.15, 0.2) is 29.9 Å². The van der Waals surface area contributed by atoms with E-state index < -0.39 is 0 Å². The number of aromatic nitrogens is 1. The Hall–Kier alpha value is -2.08. The van der Waals surface area contributed by atoms with Crippen molar-refractivity contribution in [3.05, 3.63) is 40.3 Å². The first-order valence-electron chi connectivity index (χ1n) is 4.97. The number of rotatable bonds is 3. The normalized spacial score (nSPS) is 10.1. The van der Waals surface area contributed by atoms with Gasteiger partial charge in [-0.1, -0.05) is 0 Å². The molecular weight excluding hydrogens is 236 g/mol. The second-order valence-corrected chi connectivity index (χ2v) is 4.47. The van der Waals surface area contributed by atoms with Gasteiger partial charge in [0.15, 0.2) is 0 Å². The molecule has 17 heavy (non-hydrogen) atoms. The summed E-state index contributed by atoms with van der Waals surface area (Å²) in [4.78, 5) is 16.7. The summed E-state index contributed by atoms with van der Waals surface area (Å²) in [7, 11) is 0. The number of hydrogen-bond donors (Lipinski definition) is 3. The zero-order valence-electron chi connectivity index (χ0n) is 9.01. The van der Waals surface area contributed by atoms with E-state index in [1.54, 1.807) is 29.9 Å². The summed E-state index contributed by atoms with van der Waals surface area (Å²) >= 11 is 1.49. The molecule has 0 unspecified atom stereocenters. The fourth-order valence-corrected chi connectivity index (χ4v) is 1.91. The van der Waals surface area contributed by atoms with Crippen LogP contribution in [0.2, 0.25) is 0 Å². The zero-order chi connectivity index (χ0) is 12.3. The molecule has 0 saturated heterocycles. The van der Waals surface area contributed by atoms with Crippen molar-refractivity contribution in [2.24, 2.45) is 0 Å². The Morgan fingerprint density at radius 3 is 2.88 bits per heavy atom. The second kappa shape index (κ2) is 4.84. The summed E-state index contributed by atoms with van der Waals surface area (Å²) in [5, 5.41) is 2.77. The largest absolute Gasteiger partial charge is 0.399 e. The lowest BCUT2D eigenvalue weighted by atomic mass is 10.1. The highest BCUT2D eigenvalue weighted by atomic mass is 32.1. The third kappa shape index (κ3) is 2.73. The van der Waals surface area contributed by atoms with Crippen molar-refractivity contribution in [1.29, 1.82) is 0 Å². The Morgan fingerprint density at radius 1 is 1.41 bits per heavy atom. The van der Waals surface area contributed by atoms with Gasteiger partial charge in [0.05, 0.1) is 17.6 Å². The van der Waals surface area contributed by atoms with E-state index in [4.69, 9.17) is 11.5 Å². The fraction of sp³-hybridized carbons (Fsp3) is 0.0909. The van der Waals surface area contributed by atoms with Crippen LogP contribution in [0.4, 0.5) is 11.4 Å². The number of hydrogen-bond acceptors (Lipinski definition) is 5. The van der Waals surface area contributed by atoms with E-state index in [-0.39, 0.29) is 5.91 Å². The molecule has 5 N–H and O–H groups in total. The molecule has 0 saturated carbocycles. The summed E-state index contributed by atoms with van der Waals surface area (Å²) < 4.78 is 0. The van der Waals surface area contributed by atoms with Crippen LogP contribution in [0, 0.1) is 0 Å². The van der Waals surface area contributed by atoms with Gasteiger partial charge in [0, 0.05) is 22.4 Å². The Morgan fingerprint density at radius 2 is 2.24 bits per heavy atom. The number of nitrogens with one attached hydrogen (secondary N) is 1. The van der Waals surface area contributed by atoms with Gasteiger partial charge < -0.3 is 16.8 Å². The maximum Gasteiger partial charge on any atom is 0.253 e. The van der Waals surface area contributed by atoms with E-state index in [1.807, 2.05) is 0 Å². The average Bonchev–Trinajstić information content (AvgIpc) is 2.78. The monoisotopic (exact) mass is 248 g/mol. The van der Waals surface area contributed by atoms with Gasteiger partial charge in [0.1, 0.15) is 0 Å². The Bertz CT molecular complexity index is 524. The lowest BCUT2D eigenvalue weighted by Crippen LogP contribution is -2.23. The third-order valence-corrected chi connectivity index (χ3v) is 3.01. The molecule has 0 aliphatic rings. The first kappa shape index (κ1) is 11.4. The first-order chi connectivity index (χ1) is 8.16. The fourth-order valence-electron chi connectivity index (χ4n) is 1.38. The van der Waals surface area contributed by atoms with Crippen molar-refractivity contribution in [2.75, 3.05) is 11.5 Å². The van der Waals surface area contributed by atoms with E-state index in [0.717, 1.165) is 4.88 Å². The van der Waals surface area contributed by atoms with Gasteiger partial charge in [-0.05, 0) is 18.2 Å². The molecular formula is C11H12N4OS. The van der Waals surface area contributed by atoms with Crippen LogP contribution in [0.3, 0.4) is 0 Å². The molecule has 0 fully saturated rings. The van der Waals surface area contributed by atoms with Crippen LogP contribution in [0.25, 0.3) is 0 Å². The van der Waals surface area contributed by atoms with Gasteiger partial charge in [-0.15, -0.1) is 11.3 Å². The van der Waals surface area contributed by atoms with Crippen LogP contribution in [-0.4, -0.2) is 10.9 Å². The van der Waals surface area contributed by atoms with Gasteiger partial charge in [-0.2, -0.15) is 0 Å². The molecule has 6 heteroatoms. The molecule has 0 bridgehead atoms. The van der Waals surface area contributed by atoms with Gasteiger partial charge in [-0.3, -0.25) is 9.78 Å². The van der Waals surface area contributed by atoms with Crippen LogP contribution in [0.1, 0.15) is 15.2 Å². The Balaban J connectivity index is 2.04. The molecule has 0 atom stereocenters. The van der Waals surface area contributed by atoms with Gasteiger partial charge in [0.2, 0.25) is 0 Å². The van der Waals surface area contributed by atoms with Crippen LogP contribution >= 0.6 is 11.3 Å². The molecule has 2 aromatic rings. The topological polar surface area (TPSA) is 94.0 Å². The maximum atomic E-state index is 11.8. The van der Waals surface area contributed by atoms with Crippen molar-refractivity contribution in [3.63, 3.8) is 0 Å². The van der Waals surface area contributed by atoms with E-state index in [9.17, 15) is 4.79 Å². The summed E-state index contributed by atoms with van der Waals surface area (Å²) in [6, 6.07) is 4.84. The van der Waals surface area contributed by atoms with E-state index in [1.165, 1.54) is 11.3 Å². The van der Waals surface area contributed by atoms with E-state index >= 15 is 0 Å². The van der Waals surface area contributed by atoms with Crippen molar-refractivity contribution >= 4 is 28.6 Å². The van der Waals surface area contributed by atoms with Gasteiger partial charge in [0.25, 0.3) is 5.91 Å². The van der Waals surface area contributed by atoms with Gasteiger partial charge in [-0.25, -0.2) is 0 Å². The van der Waals surface area contributed by atoms with Gasteiger partial charge >= 0.3 is 0 Å². The molecule has 1 aromatic heterocycles. The quantitative estimate of drug-likeness (QED) is 0.712. The van der Waals surface area contributed by atoms with Crippen molar-refractivity contribution in [1.82, 2.24) is 10.3 Å². The highest BCUT2D eigenvalue weighted by Crippen LogP contribution is 2.15. The molecule has 2 rings (SSSR count). The maximum absolute atomic E-state index is 11.8. The molecule has 0 radical (unpaired) electrons. The van der Waals surface area contributed by atoms with Crippen LogP contribution in [0.5, 0.6) is 0 Å². The molecule has 0 spiro atoms. The highest BCUT2D eigenvalue weighted by Gasteiger charge is 2.09. The summed E-state index contributed by atoms with van der Waals surface area (Å²) in [6.45, 7) is 0.452. The smallest absolute Gasteiger partial charge is 0.253 e. The Kier molecular flexibility index (Phi) is 3.24.